The van der Waals surface area contributed by atoms with E-state index in [0.717, 1.165) is 11.1 Å². The molecule has 1 rings (SSSR count). The van der Waals surface area contributed by atoms with Gasteiger partial charge in [0.2, 0.25) is 0 Å². The third kappa shape index (κ3) is 2.06. The molecule has 0 N–H and O–H groups in total. The van der Waals surface area contributed by atoms with Crippen LogP contribution in [0.4, 0.5) is 0 Å². The minimum absolute atomic E-state index is 1.09. The van der Waals surface area contributed by atoms with Crippen molar-refractivity contribution in [1.82, 2.24) is 0 Å². The lowest BCUT2D eigenvalue weighted by Crippen LogP contribution is -1.82. The zero-order valence-electron chi connectivity index (χ0n) is 7.54. The Morgan fingerprint density at radius 3 is 2.33 bits per heavy atom. The third-order valence-corrected chi connectivity index (χ3v) is 1.68. The third-order valence-electron chi connectivity index (χ3n) is 1.68. The van der Waals surface area contributed by atoms with E-state index in [0.29, 0.717) is 0 Å². The van der Waals surface area contributed by atoms with Crippen molar-refractivity contribution < 1.29 is 0 Å². The predicted molar refractivity (Wildman–Crippen MR) is 54.7 cm³/mol. The highest BCUT2D eigenvalue weighted by atomic mass is 14.6. The first-order chi connectivity index (χ1) is 5.74. The van der Waals surface area contributed by atoms with E-state index in [1.807, 2.05) is 25.3 Å². The molecule has 0 amide bonds. The maximum absolute atomic E-state index is 3.93. The van der Waals surface area contributed by atoms with Gasteiger partial charge < -0.3 is 0 Å². The number of allylic oxidation sites excluding steroid dienone is 1. The van der Waals surface area contributed by atoms with Gasteiger partial charge in [0.1, 0.15) is 0 Å². The molecule has 1 aromatic carbocycles. The summed E-state index contributed by atoms with van der Waals surface area (Å²) in [6.45, 7) is 5.87. The molecule has 0 spiro atoms. The zero-order valence-corrected chi connectivity index (χ0v) is 7.54. The molecule has 0 heterocycles. The van der Waals surface area contributed by atoms with Crippen molar-refractivity contribution in [3.63, 3.8) is 0 Å². The van der Waals surface area contributed by atoms with Gasteiger partial charge in [-0.25, -0.2) is 0 Å². The summed E-state index contributed by atoms with van der Waals surface area (Å²) >= 11 is 0. The van der Waals surface area contributed by atoms with Gasteiger partial charge in [-0.15, -0.1) is 0 Å². The molecule has 62 valence electrons. The Morgan fingerprint density at radius 2 is 1.92 bits per heavy atom. The Hall–Kier alpha value is -1.37. The molecular weight excluding hydrogens is 146 g/mol. The molecule has 0 atom stereocenters. The van der Waals surface area contributed by atoms with Crippen LogP contribution in [0.25, 0.3) is 5.57 Å². The van der Waals surface area contributed by atoms with E-state index in [2.05, 4.69) is 23.7 Å². The van der Waals surface area contributed by atoms with Crippen molar-refractivity contribution in [2.24, 2.45) is 4.99 Å². The van der Waals surface area contributed by atoms with Crippen LogP contribution in [-0.2, 0) is 0 Å². The van der Waals surface area contributed by atoms with E-state index in [-0.39, 0.29) is 0 Å². The Balaban J connectivity index is 2.93. The highest BCUT2D eigenvalue weighted by molar-refractivity contribution is 5.80. The van der Waals surface area contributed by atoms with Crippen LogP contribution in [0.2, 0.25) is 0 Å². The highest BCUT2D eigenvalue weighted by Crippen LogP contribution is 2.11. The smallest absolute Gasteiger partial charge is 0.0281 e. The Kier molecular flexibility index (Phi) is 2.81. The van der Waals surface area contributed by atoms with Gasteiger partial charge in [0.25, 0.3) is 0 Å². The molecule has 0 aliphatic rings. The van der Waals surface area contributed by atoms with E-state index < -0.39 is 0 Å². The second-order valence-electron chi connectivity index (χ2n) is 2.79. The normalized spacial score (nSPS) is 10.5. The van der Waals surface area contributed by atoms with Crippen LogP contribution in [0, 0.1) is 0 Å². The SMILES string of the molecule is C=C(C)c1ccc(C=NC)cc1. The molecule has 12 heavy (non-hydrogen) atoms. The topological polar surface area (TPSA) is 12.4 Å². The number of nitrogens with zero attached hydrogens (tertiary/aromatic N) is 1. The molecule has 1 nitrogen and oxygen atoms in total. The van der Waals surface area contributed by atoms with Crippen LogP contribution in [0.5, 0.6) is 0 Å². The number of aliphatic imine (C=N–C) groups is 1. The minimum atomic E-state index is 1.09. The number of hydrogen-bond acceptors (Lipinski definition) is 1. The van der Waals surface area contributed by atoms with E-state index >= 15 is 0 Å². The fourth-order valence-corrected chi connectivity index (χ4v) is 1.00. The lowest BCUT2D eigenvalue weighted by atomic mass is 10.1. The summed E-state index contributed by atoms with van der Waals surface area (Å²) in [5.41, 5.74) is 3.40. The summed E-state index contributed by atoms with van der Waals surface area (Å²) in [4.78, 5) is 3.93. The summed E-state index contributed by atoms with van der Waals surface area (Å²) in [5, 5.41) is 0. The summed E-state index contributed by atoms with van der Waals surface area (Å²) in [5.74, 6) is 0. The Morgan fingerprint density at radius 1 is 1.33 bits per heavy atom. The molecule has 0 radical (unpaired) electrons. The van der Waals surface area contributed by atoms with Gasteiger partial charge in [-0.05, 0) is 18.1 Å². The van der Waals surface area contributed by atoms with Gasteiger partial charge in [0.05, 0.1) is 0 Å². The lowest BCUT2D eigenvalue weighted by molar-refractivity contribution is 1.46. The van der Waals surface area contributed by atoms with E-state index in [4.69, 9.17) is 0 Å². The fourth-order valence-electron chi connectivity index (χ4n) is 1.00. The quantitative estimate of drug-likeness (QED) is 0.588. The summed E-state index contributed by atoms with van der Waals surface area (Å²) < 4.78 is 0. The van der Waals surface area contributed by atoms with E-state index in [1.54, 1.807) is 7.05 Å². The fraction of sp³-hybridized carbons (Fsp3) is 0.182. The lowest BCUT2D eigenvalue weighted by Gasteiger charge is -1.98. The molecule has 0 saturated heterocycles. The maximum Gasteiger partial charge on any atom is 0.0281 e. The zero-order chi connectivity index (χ0) is 8.97. The molecule has 0 unspecified atom stereocenters. The van der Waals surface area contributed by atoms with Crippen molar-refractivity contribution in [1.29, 1.82) is 0 Å². The summed E-state index contributed by atoms with van der Waals surface area (Å²) in [6, 6.07) is 8.19. The second kappa shape index (κ2) is 3.86. The van der Waals surface area contributed by atoms with Crippen LogP contribution >= 0.6 is 0 Å². The predicted octanol–water partition coefficient (Wildman–Crippen LogP) is 2.77. The van der Waals surface area contributed by atoms with Crippen LogP contribution in [-0.4, -0.2) is 13.3 Å². The molecule has 0 bridgehead atoms. The van der Waals surface area contributed by atoms with Crippen LogP contribution < -0.4 is 0 Å². The van der Waals surface area contributed by atoms with Gasteiger partial charge in [-0.2, -0.15) is 0 Å². The van der Waals surface area contributed by atoms with E-state index in [1.165, 1.54) is 5.56 Å². The molecule has 0 aliphatic carbocycles. The first-order valence-corrected chi connectivity index (χ1v) is 3.92. The van der Waals surface area contributed by atoms with Crippen molar-refractivity contribution in [3.8, 4) is 0 Å². The van der Waals surface area contributed by atoms with Crippen LogP contribution in [0.15, 0.2) is 35.8 Å². The highest BCUT2D eigenvalue weighted by Gasteiger charge is 1.91. The molecule has 0 fully saturated rings. The van der Waals surface area contributed by atoms with Crippen LogP contribution in [0.1, 0.15) is 18.1 Å². The van der Waals surface area contributed by atoms with Crippen molar-refractivity contribution in [2.45, 2.75) is 6.92 Å². The molecule has 0 saturated carbocycles. The maximum atomic E-state index is 3.93. The second-order valence-corrected chi connectivity index (χ2v) is 2.79. The average molecular weight is 159 g/mol. The molecular formula is C11H13N. The molecule has 1 aromatic rings. The largest absolute Gasteiger partial charge is 0.296 e. The number of rotatable bonds is 2. The Labute approximate surface area is 73.5 Å². The van der Waals surface area contributed by atoms with Gasteiger partial charge in [0.15, 0.2) is 0 Å². The standard InChI is InChI=1S/C11H13N/c1-9(2)11-6-4-10(5-7-11)8-12-3/h4-8H,1H2,2-3H3. The van der Waals surface area contributed by atoms with Crippen molar-refractivity contribution >= 4 is 11.8 Å². The van der Waals surface area contributed by atoms with Gasteiger partial charge in [-0.1, -0.05) is 36.4 Å². The molecule has 0 aliphatic heterocycles. The summed E-state index contributed by atoms with van der Waals surface area (Å²) in [7, 11) is 1.77. The van der Waals surface area contributed by atoms with E-state index in [9.17, 15) is 0 Å². The van der Waals surface area contributed by atoms with Gasteiger partial charge in [0, 0.05) is 13.3 Å². The number of benzene rings is 1. The van der Waals surface area contributed by atoms with Crippen LogP contribution in [0.3, 0.4) is 0 Å². The monoisotopic (exact) mass is 159 g/mol. The average Bonchev–Trinajstić information content (AvgIpc) is 2.06. The minimum Gasteiger partial charge on any atom is -0.296 e. The van der Waals surface area contributed by atoms with Crippen molar-refractivity contribution in [2.75, 3.05) is 7.05 Å². The van der Waals surface area contributed by atoms with Crippen molar-refractivity contribution in [3.05, 3.63) is 42.0 Å². The first-order valence-electron chi connectivity index (χ1n) is 3.92. The summed E-state index contributed by atoms with van der Waals surface area (Å²) in [6.07, 6.45) is 1.84. The first kappa shape index (κ1) is 8.72. The van der Waals surface area contributed by atoms with Gasteiger partial charge in [-0.3, -0.25) is 4.99 Å². The molecule has 1 heteroatoms. The van der Waals surface area contributed by atoms with Gasteiger partial charge >= 0.3 is 0 Å². The Bertz CT molecular complexity index is 293. The number of hydrogen-bond donors (Lipinski definition) is 0. The molecule has 0 aromatic heterocycles.